The first-order chi connectivity index (χ1) is 10.0. The fraction of sp³-hybridized carbons (Fsp3) is 0.133. The summed E-state index contributed by atoms with van der Waals surface area (Å²) in [6.07, 6.45) is 0. The van der Waals surface area contributed by atoms with Gasteiger partial charge in [0, 0.05) is 16.6 Å². The van der Waals surface area contributed by atoms with Crippen LogP contribution in [0.15, 0.2) is 34.8 Å². The third-order valence-corrected chi connectivity index (χ3v) is 3.93. The van der Waals surface area contributed by atoms with Crippen LogP contribution in [0.25, 0.3) is 0 Å². The molecule has 0 aliphatic carbocycles. The Labute approximate surface area is 141 Å². The maximum atomic E-state index is 8.97. The molecule has 0 aromatic heterocycles. The predicted octanol–water partition coefficient (Wildman–Crippen LogP) is 5.25. The highest BCUT2D eigenvalue weighted by molar-refractivity contribution is 9.10. The average Bonchev–Trinajstić information content (AvgIpc) is 2.45. The molecule has 6 heteroatoms. The van der Waals surface area contributed by atoms with Crippen LogP contribution < -0.4 is 10.1 Å². The third-order valence-electron chi connectivity index (χ3n) is 2.87. The summed E-state index contributed by atoms with van der Waals surface area (Å²) in [6, 6.07) is 10.9. The molecule has 1 N–H and O–H groups in total. The highest BCUT2D eigenvalue weighted by Crippen LogP contribution is 2.34. The molecule has 0 saturated carbocycles. The van der Waals surface area contributed by atoms with Crippen molar-refractivity contribution in [2.75, 3.05) is 12.4 Å². The molecule has 2 aromatic rings. The molecule has 0 radical (unpaired) electrons. The molecule has 2 aromatic carbocycles. The summed E-state index contributed by atoms with van der Waals surface area (Å²) >= 11 is 15.7. The van der Waals surface area contributed by atoms with E-state index < -0.39 is 0 Å². The molecule has 0 fully saturated rings. The SMILES string of the molecule is COc1ccc(C#N)cc1CNc1c(Cl)cc(Br)cc1Cl. The molecule has 0 saturated heterocycles. The topological polar surface area (TPSA) is 45.0 Å². The zero-order valence-corrected chi connectivity index (χ0v) is 14.2. The summed E-state index contributed by atoms with van der Waals surface area (Å²) < 4.78 is 6.10. The summed E-state index contributed by atoms with van der Waals surface area (Å²) in [5.74, 6) is 0.700. The van der Waals surface area contributed by atoms with Crippen LogP contribution >= 0.6 is 39.1 Å². The van der Waals surface area contributed by atoms with Gasteiger partial charge in [-0.05, 0) is 30.3 Å². The fourth-order valence-corrected chi connectivity index (χ4v) is 3.22. The van der Waals surface area contributed by atoms with Crippen molar-refractivity contribution in [3.05, 3.63) is 56.0 Å². The van der Waals surface area contributed by atoms with Crippen LogP contribution in [0.4, 0.5) is 5.69 Å². The number of nitrogens with zero attached hydrogens (tertiary/aromatic N) is 1. The molecule has 0 unspecified atom stereocenters. The number of nitrogens with one attached hydrogen (secondary N) is 1. The number of hydrogen-bond acceptors (Lipinski definition) is 3. The Balaban J connectivity index is 2.26. The van der Waals surface area contributed by atoms with E-state index in [9.17, 15) is 0 Å². The van der Waals surface area contributed by atoms with Crippen molar-refractivity contribution in [3.63, 3.8) is 0 Å². The summed E-state index contributed by atoms with van der Waals surface area (Å²) in [5.41, 5.74) is 2.07. The Morgan fingerprint density at radius 3 is 2.48 bits per heavy atom. The maximum absolute atomic E-state index is 8.97. The van der Waals surface area contributed by atoms with Crippen LogP contribution in [-0.2, 0) is 6.54 Å². The van der Waals surface area contributed by atoms with Gasteiger partial charge in [-0.1, -0.05) is 39.1 Å². The van der Waals surface area contributed by atoms with Crippen LogP contribution in [0, 0.1) is 11.3 Å². The van der Waals surface area contributed by atoms with Crippen LogP contribution in [0.1, 0.15) is 11.1 Å². The first-order valence-electron chi connectivity index (χ1n) is 6.00. The molecule has 0 aliphatic rings. The third kappa shape index (κ3) is 3.82. The second kappa shape index (κ2) is 7.04. The normalized spacial score (nSPS) is 10.0. The average molecular weight is 386 g/mol. The van der Waals surface area contributed by atoms with Gasteiger partial charge in [-0.3, -0.25) is 0 Å². The van der Waals surface area contributed by atoms with Crippen molar-refractivity contribution >= 4 is 44.8 Å². The van der Waals surface area contributed by atoms with Gasteiger partial charge in [0.15, 0.2) is 0 Å². The second-order valence-corrected chi connectivity index (χ2v) is 5.97. The first kappa shape index (κ1) is 16.0. The zero-order valence-electron chi connectivity index (χ0n) is 11.1. The predicted molar refractivity (Wildman–Crippen MR) is 89.2 cm³/mol. The van der Waals surface area contributed by atoms with Crippen LogP contribution in [0.3, 0.4) is 0 Å². The lowest BCUT2D eigenvalue weighted by Crippen LogP contribution is -2.03. The molecule has 21 heavy (non-hydrogen) atoms. The molecule has 0 amide bonds. The van der Waals surface area contributed by atoms with E-state index in [0.29, 0.717) is 33.6 Å². The minimum absolute atomic E-state index is 0.444. The van der Waals surface area contributed by atoms with Gasteiger partial charge in [0.05, 0.1) is 34.5 Å². The van der Waals surface area contributed by atoms with Gasteiger partial charge < -0.3 is 10.1 Å². The van der Waals surface area contributed by atoms with Gasteiger partial charge in [0.2, 0.25) is 0 Å². The first-order valence-corrected chi connectivity index (χ1v) is 7.55. The van der Waals surface area contributed by atoms with Crippen LogP contribution in [0.2, 0.25) is 10.0 Å². The number of hydrogen-bond donors (Lipinski definition) is 1. The van der Waals surface area contributed by atoms with Crippen molar-refractivity contribution < 1.29 is 4.74 Å². The van der Waals surface area contributed by atoms with Gasteiger partial charge in [-0.15, -0.1) is 0 Å². The second-order valence-electron chi connectivity index (χ2n) is 4.24. The van der Waals surface area contributed by atoms with Gasteiger partial charge in [0.25, 0.3) is 0 Å². The van der Waals surface area contributed by atoms with E-state index in [1.807, 2.05) is 0 Å². The standard InChI is InChI=1S/C15H11BrCl2N2O/c1-21-14-3-2-9(7-19)4-10(14)8-20-15-12(17)5-11(16)6-13(15)18/h2-6,20H,8H2,1H3. The Morgan fingerprint density at radius 1 is 1.24 bits per heavy atom. The number of nitriles is 1. The van der Waals surface area contributed by atoms with Crippen molar-refractivity contribution in [2.24, 2.45) is 0 Å². The number of benzene rings is 2. The molecule has 0 heterocycles. The van der Waals surface area contributed by atoms with Crippen molar-refractivity contribution in [1.29, 1.82) is 5.26 Å². The maximum Gasteiger partial charge on any atom is 0.123 e. The van der Waals surface area contributed by atoms with E-state index >= 15 is 0 Å². The lowest BCUT2D eigenvalue weighted by Gasteiger charge is -2.13. The number of methoxy groups -OCH3 is 1. The zero-order chi connectivity index (χ0) is 15.4. The van der Waals surface area contributed by atoms with E-state index in [2.05, 4.69) is 27.3 Å². The highest BCUT2D eigenvalue weighted by atomic mass is 79.9. The minimum atomic E-state index is 0.444. The summed E-state index contributed by atoms with van der Waals surface area (Å²) in [6.45, 7) is 0.444. The van der Waals surface area contributed by atoms with Crippen LogP contribution in [0.5, 0.6) is 5.75 Å². The Kier molecular flexibility index (Phi) is 5.35. The fourth-order valence-electron chi connectivity index (χ4n) is 1.88. The van der Waals surface area contributed by atoms with Crippen molar-refractivity contribution in [1.82, 2.24) is 0 Å². The minimum Gasteiger partial charge on any atom is -0.496 e. The monoisotopic (exact) mass is 384 g/mol. The lowest BCUT2D eigenvalue weighted by atomic mass is 10.1. The lowest BCUT2D eigenvalue weighted by molar-refractivity contribution is 0.410. The largest absolute Gasteiger partial charge is 0.496 e. The molecule has 0 spiro atoms. The number of rotatable bonds is 4. The molecule has 0 aliphatic heterocycles. The van der Waals surface area contributed by atoms with E-state index in [-0.39, 0.29) is 0 Å². The smallest absolute Gasteiger partial charge is 0.123 e. The molecule has 108 valence electrons. The van der Waals surface area contributed by atoms with E-state index in [4.69, 9.17) is 33.2 Å². The van der Waals surface area contributed by atoms with E-state index in [1.54, 1.807) is 37.4 Å². The molecule has 0 bridgehead atoms. The van der Waals surface area contributed by atoms with Crippen molar-refractivity contribution in [3.8, 4) is 11.8 Å². The molecule has 3 nitrogen and oxygen atoms in total. The summed E-state index contributed by atoms with van der Waals surface area (Å²) in [4.78, 5) is 0. The quantitative estimate of drug-likeness (QED) is 0.781. The molecule has 2 rings (SSSR count). The van der Waals surface area contributed by atoms with E-state index in [0.717, 1.165) is 10.0 Å². The Morgan fingerprint density at radius 2 is 1.90 bits per heavy atom. The van der Waals surface area contributed by atoms with Gasteiger partial charge in [-0.2, -0.15) is 5.26 Å². The summed E-state index contributed by atoms with van der Waals surface area (Å²) in [5, 5.41) is 13.2. The molecule has 0 atom stereocenters. The number of anilines is 1. The van der Waals surface area contributed by atoms with Gasteiger partial charge >= 0.3 is 0 Å². The molecular formula is C15H11BrCl2N2O. The molecular weight excluding hydrogens is 375 g/mol. The summed E-state index contributed by atoms with van der Waals surface area (Å²) in [7, 11) is 1.59. The Hall–Kier alpha value is -1.41. The van der Waals surface area contributed by atoms with E-state index in [1.165, 1.54) is 0 Å². The van der Waals surface area contributed by atoms with Gasteiger partial charge in [0.1, 0.15) is 5.75 Å². The Bertz CT molecular complexity index is 690. The van der Waals surface area contributed by atoms with Crippen LogP contribution in [-0.4, -0.2) is 7.11 Å². The number of ether oxygens (including phenoxy) is 1. The number of halogens is 3. The highest BCUT2D eigenvalue weighted by Gasteiger charge is 2.09. The van der Waals surface area contributed by atoms with Gasteiger partial charge in [-0.25, -0.2) is 0 Å². The van der Waals surface area contributed by atoms with Crippen molar-refractivity contribution in [2.45, 2.75) is 6.54 Å².